The van der Waals surface area contributed by atoms with Gasteiger partial charge in [-0.3, -0.25) is 0 Å². The van der Waals surface area contributed by atoms with Gasteiger partial charge < -0.3 is 5.32 Å². The molecule has 0 fully saturated rings. The van der Waals surface area contributed by atoms with Crippen molar-refractivity contribution in [2.75, 3.05) is 11.9 Å². The van der Waals surface area contributed by atoms with Crippen molar-refractivity contribution in [1.29, 1.82) is 0 Å². The van der Waals surface area contributed by atoms with E-state index in [0.717, 1.165) is 19.4 Å². The maximum Gasteiger partial charge on any atom is 0.0420 e. The summed E-state index contributed by atoms with van der Waals surface area (Å²) in [5.41, 5.74) is 5.22. The first kappa shape index (κ1) is 13.9. The van der Waals surface area contributed by atoms with Crippen LogP contribution in [0.5, 0.6) is 0 Å². The molecule has 1 heterocycles. The molecule has 1 N–H and O–H groups in total. The zero-order valence-corrected chi connectivity index (χ0v) is 12.8. The minimum Gasteiger partial charge on any atom is -0.385 e. The van der Waals surface area contributed by atoms with Crippen LogP contribution in [0.15, 0.2) is 71.4 Å². The molecule has 2 heteroatoms. The second-order valence-corrected chi connectivity index (χ2v) is 5.85. The SMILES string of the molecule is c1ccc(CCCNc2ccccc2-c2ccsc2)cc1. The number of aryl methyl sites for hydroxylation is 1. The van der Waals surface area contributed by atoms with E-state index in [4.69, 9.17) is 0 Å². The summed E-state index contributed by atoms with van der Waals surface area (Å²) in [6, 6.07) is 21.4. The second-order valence-electron chi connectivity index (χ2n) is 5.07. The van der Waals surface area contributed by atoms with Gasteiger partial charge in [-0.15, -0.1) is 0 Å². The molecule has 0 saturated carbocycles. The Morgan fingerprint density at radius 1 is 0.857 bits per heavy atom. The number of anilines is 1. The molecule has 0 atom stereocenters. The largest absolute Gasteiger partial charge is 0.385 e. The standard InChI is InChI=1S/C19H19NS/c1-2-7-16(8-3-1)9-6-13-20-19-11-5-4-10-18(19)17-12-14-21-15-17/h1-5,7-8,10-12,14-15,20H,6,9,13H2. The van der Waals surface area contributed by atoms with Crippen LogP contribution < -0.4 is 5.32 Å². The molecular weight excluding hydrogens is 274 g/mol. The smallest absolute Gasteiger partial charge is 0.0420 e. The lowest BCUT2D eigenvalue weighted by Crippen LogP contribution is -2.04. The zero-order valence-electron chi connectivity index (χ0n) is 12.0. The molecular formula is C19H19NS. The van der Waals surface area contributed by atoms with Gasteiger partial charge in [0.25, 0.3) is 0 Å². The van der Waals surface area contributed by atoms with Crippen molar-refractivity contribution < 1.29 is 0 Å². The number of benzene rings is 2. The number of thiophene rings is 1. The van der Waals surface area contributed by atoms with Gasteiger partial charge in [0.2, 0.25) is 0 Å². The van der Waals surface area contributed by atoms with E-state index in [-0.39, 0.29) is 0 Å². The molecule has 2 aromatic carbocycles. The lowest BCUT2D eigenvalue weighted by Gasteiger charge is -2.11. The minimum atomic E-state index is 0.996. The van der Waals surface area contributed by atoms with Gasteiger partial charge in [0, 0.05) is 17.8 Å². The molecule has 0 radical (unpaired) electrons. The number of hydrogen-bond acceptors (Lipinski definition) is 2. The van der Waals surface area contributed by atoms with Gasteiger partial charge >= 0.3 is 0 Å². The van der Waals surface area contributed by atoms with Crippen LogP contribution >= 0.6 is 11.3 Å². The monoisotopic (exact) mass is 293 g/mol. The Kier molecular flexibility index (Phi) is 4.70. The first-order chi connectivity index (χ1) is 10.4. The highest BCUT2D eigenvalue weighted by Crippen LogP contribution is 2.29. The van der Waals surface area contributed by atoms with E-state index >= 15 is 0 Å². The molecule has 0 amide bonds. The van der Waals surface area contributed by atoms with Crippen molar-refractivity contribution >= 4 is 17.0 Å². The quantitative estimate of drug-likeness (QED) is 0.595. The van der Waals surface area contributed by atoms with Gasteiger partial charge in [0.15, 0.2) is 0 Å². The number of para-hydroxylation sites is 1. The maximum absolute atomic E-state index is 3.58. The van der Waals surface area contributed by atoms with Crippen molar-refractivity contribution in [3.05, 3.63) is 77.0 Å². The van der Waals surface area contributed by atoms with Crippen LogP contribution in [-0.4, -0.2) is 6.54 Å². The van der Waals surface area contributed by atoms with Crippen molar-refractivity contribution in [3.8, 4) is 11.1 Å². The van der Waals surface area contributed by atoms with Crippen molar-refractivity contribution in [1.82, 2.24) is 0 Å². The predicted molar refractivity (Wildman–Crippen MR) is 93.0 cm³/mol. The highest BCUT2D eigenvalue weighted by Gasteiger charge is 2.04. The molecule has 1 aromatic heterocycles. The summed E-state index contributed by atoms with van der Waals surface area (Å²) >= 11 is 1.74. The summed E-state index contributed by atoms with van der Waals surface area (Å²) in [7, 11) is 0. The lowest BCUT2D eigenvalue weighted by atomic mass is 10.1. The van der Waals surface area contributed by atoms with Crippen molar-refractivity contribution in [2.24, 2.45) is 0 Å². The van der Waals surface area contributed by atoms with Gasteiger partial charge in [-0.2, -0.15) is 11.3 Å². The first-order valence-corrected chi connectivity index (χ1v) is 8.27. The van der Waals surface area contributed by atoms with Crippen LogP contribution in [0.3, 0.4) is 0 Å². The summed E-state index contributed by atoms with van der Waals surface area (Å²) in [6.45, 7) is 0.996. The zero-order chi connectivity index (χ0) is 14.3. The molecule has 1 nitrogen and oxygen atoms in total. The van der Waals surface area contributed by atoms with Gasteiger partial charge in [-0.05, 0) is 46.9 Å². The third kappa shape index (κ3) is 3.73. The third-order valence-electron chi connectivity index (χ3n) is 3.56. The fraction of sp³-hybridized carbons (Fsp3) is 0.158. The van der Waals surface area contributed by atoms with Gasteiger partial charge in [0.1, 0.15) is 0 Å². The first-order valence-electron chi connectivity index (χ1n) is 7.33. The third-order valence-corrected chi connectivity index (χ3v) is 4.24. The summed E-state index contributed by atoms with van der Waals surface area (Å²) < 4.78 is 0. The molecule has 3 aromatic rings. The molecule has 0 spiro atoms. The van der Waals surface area contributed by atoms with Crippen LogP contribution in [0.1, 0.15) is 12.0 Å². The van der Waals surface area contributed by atoms with E-state index in [1.54, 1.807) is 11.3 Å². The lowest BCUT2D eigenvalue weighted by molar-refractivity contribution is 0.863. The van der Waals surface area contributed by atoms with Crippen LogP contribution in [0.2, 0.25) is 0 Å². The molecule has 0 saturated heterocycles. The van der Waals surface area contributed by atoms with Crippen LogP contribution in [0.25, 0.3) is 11.1 Å². The molecule has 0 aliphatic heterocycles. The topological polar surface area (TPSA) is 12.0 Å². The minimum absolute atomic E-state index is 0.996. The Hall–Kier alpha value is -2.06. The molecule has 3 rings (SSSR count). The van der Waals surface area contributed by atoms with Crippen LogP contribution in [-0.2, 0) is 6.42 Å². The highest BCUT2D eigenvalue weighted by atomic mass is 32.1. The molecule has 0 bridgehead atoms. The Labute approximate surface area is 130 Å². The van der Waals surface area contributed by atoms with Crippen LogP contribution in [0.4, 0.5) is 5.69 Å². The van der Waals surface area contributed by atoms with E-state index in [2.05, 4.69) is 76.7 Å². The maximum atomic E-state index is 3.58. The number of hydrogen-bond donors (Lipinski definition) is 1. The average Bonchev–Trinajstić information content (AvgIpc) is 3.07. The second kappa shape index (κ2) is 7.09. The van der Waals surface area contributed by atoms with Gasteiger partial charge in [-0.25, -0.2) is 0 Å². The van der Waals surface area contributed by atoms with Crippen molar-refractivity contribution in [2.45, 2.75) is 12.8 Å². The summed E-state index contributed by atoms with van der Waals surface area (Å²) in [5.74, 6) is 0. The van der Waals surface area contributed by atoms with E-state index in [0.29, 0.717) is 0 Å². The van der Waals surface area contributed by atoms with E-state index in [1.165, 1.54) is 22.4 Å². The van der Waals surface area contributed by atoms with E-state index < -0.39 is 0 Å². The highest BCUT2D eigenvalue weighted by molar-refractivity contribution is 7.08. The average molecular weight is 293 g/mol. The summed E-state index contributed by atoms with van der Waals surface area (Å²) in [6.07, 6.45) is 2.26. The van der Waals surface area contributed by atoms with E-state index in [1.807, 2.05) is 0 Å². The summed E-state index contributed by atoms with van der Waals surface area (Å²) in [4.78, 5) is 0. The van der Waals surface area contributed by atoms with Crippen LogP contribution in [0, 0.1) is 0 Å². The van der Waals surface area contributed by atoms with E-state index in [9.17, 15) is 0 Å². The van der Waals surface area contributed by atoms with Crippen molar-refractivity contribution in [3.63, 3.8) is 0 Å². The molecule has 0 unspecified atom stereocenters. The van der Waals surface area contributed by atoms with Gasteiger partial charge in [0.05, 0.1) is 0 Å². The molecule has 0 aliphatic rings. The predicted octanol–water partition coefficient (Wildman–Crippen LogP) is 5.46. The molecule has 0 aliphatic carbocycles. The Morgan fingerprint density at radius 2 is 1.67 bits per heavy atom. The number of nitrogens with one attached hydrogen (secondary N) is 1. The number of rotatable bonds is 6. The normalized spacial score (nSPS) is 10.5. The summed E-state index contributed by atoms with van der Waals surface area (Å²) in [5, 5.41) is 7.90. The molecule has 21 heavy (non-hydrogen) atoms. The molecule has 106 valence electrons. The Balaban J connectivity index is 1.59. The fourth-order valence-electron chi connectivity index (χ4n) is 2.47. The fourth-order valence-corrected chi connectivity index (χ4v) is 3.12. The Morgan fingerprint density at radius 3 is 2.48 bits per heavy atom. The van der Waals surface area contributed by atoms with Gasteiger partial charge in [-0.1, -0.05) is 48.5 Å². The Bertz CT molecular complexity index is 659.